The Morgan fingerprint density at radius 1 is 1.17 bits per heavy atom. The SMILES string of the molecule is CN(Cc1cc(=O)n2nc(-c3ccccc3)nc2[nH]1)c1cccc(Cl)c1C1CC1. The largest absolute Gasteiger partial charge is 0.368 e. The van der Waals surface area contributed by atoms with Crippen molar-refractivity contribution in [3.05, 3.63) is 81.2 Å². The molecule has 0 aliphatic heterocycles. The first-order valence-electron chi connectivity index (χ1n) is 9.64. The van der Waals surface area contributed by atoms with Crippen molar-refractivity contribution < 1.29 is 0 Å². The molecule has 0 radical (unpaired) electrons. The third kappa shape index (κ3) is 3.40. The van der Waals surface area contributed by atoms with Crippen molar-refractivity contribution in [3.8, 4) is 11.4 Å². The molecular formula is C22H20ClN5O. The van der Waals surface area contributed by atoms with Crippen LogP contribution in [0, 0.1) is 0 Å². The van der Waals surface area contributed by atoms with E-state index in [-0.39, 0.29) is 5.56 Å². The third-order valence-electron chi connectivity index (χ3n) is 5.25. The van der Waals surface area contributed by atoms with Gasteiger partial charge in [-0.1, -0.05) is 48.0 Å². The van der Waals surface area contributed by atoms with Crippen molar-refractivity contribution >= 4 is 23.1 Å². The topological polar surface area (TPSA) is 66.3 Å². The quantitative estimate of drug-likeness (QED) is 0.539. The van der Waals surface area contributed by atoms with E-state index in [1.807, 2.05) is 49.5 Å². The molecule has 2 aromatic heterocycles. The highest BCUT2D eigenvalue weighted by atomic mass is 35.5. The highest BCUT2D eigenvalue weighted by molar-refractivity contribution is 6.31. The lowest BCUT2D eigenvalue weighted by Crippen LogP contribution is -2.22. The zero-order valence-electron chi connectivity index (χ0n) is 16.0. The lowest BCUT2D eigenvalue weighted by molar-refractivity contribution is 0.836. The van der Waals surface area contributed by atoms with E-state index in [1.165, 1.54) is 22.9 Å². The van der Waals surface area contributed by atoms with Crippen LogP contribution in [0.15, 0.2) is 59.4 Å². The van der Waals surface area contributed by atoms with Crippen LogP contribution in [0.4, 0.5) is 5.69 Å². The van der Waals surface area contributed by atoms with Crippen molar-refractivity contribution in [1.29, 1.82) is 0 Å². The molecule has 1 N–H and O–H groups in total. The smallest absolute Gasteiger partial charge is 0.275 e. The second kappa shape index (κ2) is 7.04. The van der Waals surface area contributed by atoms with E-state index in [9.17, 15) is 4.79 Å². The molecule has 0 spiro atoms. The first-order valence-corrected chi connectivity index (χ1v) is 10.0. The fourth-order valence-electron chi connectivity index (χ4n) is 3.71. The van der Waals surface area contributed by atoms with Crippen LogP contribution in [0.1, 0.15) is 30.0 Å². The molecule has 0 atom stereocenters. The Hall–Kier alpha value is -3.12. The number of nitrogens with zero attached hydrogens (tertiary/aromatic N) is 4. The molecule has 146 valence electrons. The average molecular weight is 406 g/mol. The number of aromatic nitrogens is 4. The van der Waals surface area contributed by atoms with E-state index in [1.54, 1.807) is 6.07 Å². The molecule has 0 bridgehead atoms. The molecule has 4 aromatic rings. The van der Waals surface area contributed by atoms with Gasteiger partial charge in [0.25, 0.3) is 5.56 Å². The number of aromatic amines is 1. The predicted molar refractivity (Wildman–Crippen MR) is 115 cm³/mol. The minimum Gasteiger partial charge on any atom is -0.368 e. The Labute approximate surface area is 172 Å². The zero-order valence-corrected chi connectivity index (χ0v) is 16.7. The molecule has 1 saturated carbocycles. The van der Waals surface area contributed by atoms with Gasteiger partial charge < -0.3 is 9.88 Å². The molecule has 0 unspecified atom stereocenters. The number of benzene rings is 2. The molecule has 1 fully saturated rings. The van der Waals surface area contributed by atoms with Crippen LogP contribution in [-0.2, 0) is 6.54 Å². The Bertz CT molecular complexity index is 1240. The second-order valence-electron chi connectivity index (χ2n) is 7.47. The number of hydrogen-bond donors (Lipinski definition) is 1. The van der Waals surface area contributed by atoms with Crippen LogP contribution in [0.5, 0.6) is 0 Å². The summed E-state index contributed by atoms with van der Waals surface area (Å²) in [5.74, 6) is 1.50. The molecule has 2 heterocycles. The van der Waals surface area contributed by atoms with Crippen molar-refractivity contribution in [2.45, 2.75) is 25.3 Å². The van der Waals surface area contributed by atoms with Crippen molar-refractivity contribution in [1.82, 2.24) is 19.6 Å². The van der Waals surface area contributed by atoms with E-state index < -0.39 is 0 Å². The monoisotopic (exact) mass is 405 g/mol. The number of halogens is 1. The summed E-state index contributed by atoms with van der Waals surface area (Å²) in [6, 6.07) is 17.2. The molecule has 1 aliphatic carbocycles. The summed E-state index contributed by atoms with van der Waals surface area (Å²) >= 11 is 6.47. The van der Waals surface area contributed by atoms with Crippen molar-refractivity contribution in [2.24, 2.45) is 0 Å². The maximum absolute atomic E-state index is 12.6. The standard InChI is InChI=1S/C22H20ClN5O/c1-27(18-9-5-8-17(23)20(18)14-10-11-14)13-16-12-19(29)28-22(24-16)25-21(26-28)15-6-3-2-4-7-15/h2-9,12,14H,10-11,13H2,1H3,(H,24,25,26). The van der Waals surface area contributed by atoms with Crippen LogP contribution in [0.25, 0.3) is 17.2 Å². The number of fused-ring (bicyclic) bond motifs is 1. The molecule has 29 heavy (non-hydrogen) atoms. The predicted octanol–water partition coefficient (Wildman–Crippen LogP) is 4.25. The number of nitrogens with one attached hydrogen (secondary N) is 1. The summed E-state index contributed by atoms with van der Waals surface area (Å²) in [5.41, 5.74) is 3.75. The molecule has 2 aromatic carbocycles. The van der Waals surface area contributed by atoms with Gasteiger partial charge in [0.05, 0.1) is 6.54 Å². The fourth-order valence-corrected chi connectivity index (χ4v) is 4.03. The summed E-state index contributed by atoms with van der Waals surface area (Å²) in [6.45, 7) is 0.541. The van der Waals surface area contributed by atoms with Gasteiger partial charge in [0.2, 0.25) is 5.78 Å². The minimum absolute atomic E-state index is 0.203. The van der Waals surface area contributed by atoms with E-state index in [2.05, 4.69) is 26.0 Å². The van der Waals surface area contributed by atoms with E-state index in [0.29, 0.717) is 24.1 Å². The lowest BCUT2D eigenvalue weighted by Gasteiger charge is -2.23. The third-order valence-corrected chi connectivity index (χ3v) is 5.58. The van der Waals surface area contributed by atoms with Gasteiger partial charge in [-0.05, 0) is 36.5 Å². The van der Waals surface area contributed by atoms with Crippen LogP contribution >= 0.6 is 11.6 Å². The molecular weight excluding hydrogens is 386 g/mol. The zero-order chi connectivity index (χ0) is 20.0. The molecule has 7 heteroatoms. The number of hydrogen-bond acceptors (Lipinski definition) is 4. The summed E-state index contributed by atoms with van der Waals surface area (Å²) in [7, 11) is 2.01. The Morgan fingerprint density at radius 3 is 2.72 bits per heavy atom. The number of anilines is 1. The Balaban J connectivity index is 1.48. The number of H-pyrrole nitrogens is 1. The highest BCUT2D eigenvalue weighted by Crippen LogP contribution is 2.47. The molecule has 0 saturated heterocycles. The molecule has 6 nitrogen and oxygen atoms in total. The first-order chi connectivity index (χ1) is 14.1. The van der Waals surface area contributed by atoms with Crippen LogP contribution < -0.4 is 10.5 Å². The Kier molecular flexibility index (Phi) is 4.36. The fraction of sp³-hybridized carbons (Fsp3) is 0.227. The number of rotatable bonds is 5. The van der Waals surface area contributed by atoms with Gasteiger partial charge in [-0.3, -0.25) is 4.79 Å². The normalized spacial score (nSPS) is 13.7. The summed E-state index contributed by atoms with van der Waals surface area (Å²) < 4.78 is 1.31. The first kappa shape index (κ1) is 17.9. The van der Waals surface area contributed by atoms with Gasteiger partial charge in [-0.2, -0.15) is 9.50 Å². The maximum atomic E-state index is 12.6. The Morgan fingerprint density at radius 2 is 1.97 bits per heavy atom. The lowest BCUT2D eigenvalue weighted by atomic mass is 10.1. The highest BCUT2D eigenvalue weighted by Gasteiger charge is 2.29. The molecule has 5 rings (SSSR count). The van der Waals surface area contributed by atoms with Gasteiger partial charge in [-0.25, -0.2) is 0 Å². The molecule has 0 amide bonds. The van der Waals surface area contributed by atoms with Crippen LogP contribution in [0.3, 0.4) is 0 Å². The van der Waals surface area contributed by atoms with Crippen molar-refractivity contribution in [3.63, 3.8) is 0 Å². The van der Waals surface area contributed by atoms with E-state index in [0.717, 1.165) is 22.0 Å². The summed E-state index contributed by atoms with van der Waals surface area (Å²) in [6.07, 6.45) is 2.35. The van der Waals surface area contributed by atoms with Gasteiger partial charge in [0.15, 0.2) is 5.82 Å². The van der Waals surface area contributed by atoms with Gasteiger partial charge >= 0.3 is 0 Å². The summed E-state index contributed by atoms with van der Waals surface area (Å²) in [5, 5.41) is 5.16. The van der Waals surface area contributed by atoms with Gasteiger partial charge in [-0.15, -0.1) is 5.10 Å². The van der Waals surface area contributed by atoms with Gasteiger partial charge in [0.1, 0.15) is 0 Å². The second-order valence-corrected chi connectivity index (χ2v) is 7.88. The van der Waals surface area contributed by atoms with Gasteiger partial charge in [0, 0.05) is 35.1 Å². The van der Waals surface area contributed by atoms with E-state index >= 15 is 0 Å². The van der Waals surface area contributed by atoms with E-state index in [4.69, 9.17) is 11.6 Å². The average Bonchev–Trinajstić information content (AvgIpc) is 3.46. The maximum Gasteiger partial charge on any atom is 0.275 e. The van der Waals surface area contributed by atoms with Crippen molar-refractivity contribution in [2.75, 3.05) is 11.9 Å². The van der Waals surface area contributed by atoms with Crippen LogP contribution in [0.2, 0.25) is 5.02 Å². The summed E-state index contributed by atoms with van der Waals surface area (Å²) in [4.78, 5) is 22.5. The van der Waals surface area contributed by atoms with Crippen LogP contribution in [-0.4, -0.2) is 26.6 Å². The minimum atomic E-state index is -0.203. The molecule has 1 aliphatic rings.